The molecule has 0 aliphatic rings. The monoisotopic (exact) mass is 386 g/mol. The lowest BCUT2D eigenvalue weighted by Gasteiger charge is -2.18. The molecule has 21 heavy (non-hydrogen) atoms. The van der Waals surface area contributed by atoms with Crippen molar-refractivity contribution < 1.29 is 42.4 Å². The van der Waals surface area contributed by atoms with Crippen molar-refractivity contribution in [1.82, 2.24) is 0 Å². The van der Waals surface area contributed by atoms with E-state index in [9.17, 15) is 16.8 Å². The highest BCUT2D eigenvalue weighted by molar-refractivity contribution is 7.83. The molecule has 10 nitrogen and oxygen atoms in total. The zero-order chi connectivity index (χ0) is 16.7. The van der Waals surface area contributed by atoms with E-state index in [2.05, 4.69) is 12.5 Å². The molecule has 0 aromatic heterocycles. The largest absolute Gasteiger partial charge is 0.390 e. The van der Waals surface area contributed by atoms with Gasteiger partial charge in [-0.05, 0) is 19.6 Å². The summed E-state index contributed by atoms with van der Waals surface area (Å²) in [6, 6.07) is 0. The van der Waals surface area contributed by atoms with Crippen LogP contribution in [0, 0.1) is 0 Å². The lowest BCUT2D eigenvalue weighted by molar-refractivity contribution is 0.105. The van der Waals surface area contributed by atoms with E-state index in [1.54, 1.807) is 19.6 Å². The SMILES string of the molecule is C[Si](C)(C)OS(=O)(=O)OCC(CCOS(=O)O)OS(=O)O. The van der Waals surface area contributed by atoms with Gasteiger partial charge >= 0.3 is 33.1 Å². The molecule has 3 atom stereocenters. The predicted octanol–water partition coefficient (Wildman–Crippen LogP) is 0.165. The second-order valence-corrected chi connectivity index (χ2v) is 11.9. The number of hydrogen-bond donors (Lipinski definition) is 2. The first-order chi connectivity index (χ1) is 9.41. The molecule has 2 N–H and O–H groups in total. The Bertz CT molecular complexity index is 458. The summed E-state index contributed by atoms with van der Waals surface area (Å²) in [7, 11) is -6.66. The Balaban J connectivity index is 4.46. The Kier molecular flexibility index (Phi) is 9.49. The smallest absolute Gasteiger partial charge is 0.294 e. The minimum absolute atomic E-state index is 0.138. The fraction of sp³-hybridized carbons (Fsp3) is 1.00. The Morgan fingerprint density at radius 1 is 1.14 bits per heavy atom. The molecule has 128 valence electrons. The van der Waals surface area contributed by atoms with E-state index in [4.69, 9.17) is 13.0 Å². The minimum Gasteiger partial charge on any atom is -0.294 e. The Morgan fingerprint density at radius 3 is 2.14 bits per heavy atom. The summed E-state index contributed by atoms with van der Waals surface area (Å²) in [5, 5.41) is 0. The Hall–Kier alpha value is 0.227. The van der Waals surface area contributed by atoms with E-state index in [-0.39, 0.29) is 13.0 Å². The van der Waals surface area contributed by atoms with Gasteiger partial charge < -0.3 is 0 Å². The molecule has 0 saturated heterocycles. The fourth-order valence-corrected chi connectivity index (χ4v) is 4.60. The molecule has 0 aromatic rings. The van der Waals surface area contributed by atoms with Gasteiger partial charge in [0.05, 0.1) is 13.2 Å². The van der Waals surface area contributed by atoms with Crippen molar-refractivity contribution >= 4 is 41.4 Å². The molecule has 0 bridgehead atoms. The highest BCUT2D eigenvalue weighted by atomic mass is 32.3. The van der Waals surface area contributed by atoms with Crippen LogP contribution in [0.2, 0.25) is 19.6 Å². The minimum atomic E-state index is -4.26. The van der Waals surface area contributed by atoms with Crippen LogP contribution in [0.3, 0.4) is 0 Å². The van der Waals surface area contributed by atoms with Gasteiger partial charge in [-0.3, -0.25) is 21.3 Å². The number of hydrogen-bond acceptors (Lipinski definition) is 8. The average Bonchev–Trinajstić information content (AvgIpc) is 2.21. The van der Waals surface area contributed by atoms with Crippen molar-refractivity contribution in [2.45, 2.75) is 32.2 Å². The topological polar surface area (TPSA) is 146 Å². The van der Waals surface area contributed by atoms with Crippen molar-refractivity contribution in [3.8, 4) is 0 Å². The summed E-state index contributed by atoms with van der Waals surface area (Å²) in [6.45, 7) is 4.00. The van der Waals surface area contributed by atoms with Gasteiger partial charge in [-0.2, -0.15) is 16.8 Å². The lowest BCUT2D eigenvalue weighted by Crippen LogP contribution is -2.32. The zero-order valence-corrected chi connectivity index (χ0v) is 15.0. The van der Waals surface area contributed by atoms with E-state index < -0.39 is 54.1 Å². The molecular weight excluding hydrogens is 368 g/mol. The highest BCUT2D eigenvalue weighted by Crippen LogP contribution is 2.12. The summed E-state index contributed by atoms with van der Waals surface area (Å²) in [4.78, 5) is 0. The quantitative estimate of drug-likeness (QED) is 0.372. The molecule has 14 heteroatoms. The normalized spacial score (nSPS) is 17.4. The van der Waals surface area contributed by atoms with Crippen LogP contribution in [0.15, 0.2) is 0 Å². The van der Waals surface area contributed by atoms with Gasteiger partial charge in [0.1, 0.15) is 6.10 Å². The zero-order valence-electron chi connectivity index (χ0n) is 11.6. The van der Waals surface area contributed by atoms with E-state index in [1.807, 2.05) is 0 Å². The van der Waals surface area contributed by atoms with Crippen LogP contribution in [0.25, 0.3) is 0 Å². The summed E-state index contributed by atoms with van der Waals surface area (Å²) in [5.41, 5.74) is 0. The van der Waals surface area contributed by atoms with Gasteiger partial charge in [0.2, 0.25) is 8.32 Å². The van der Waals surface area contributed by atoms with Crippen LogP contribution in [-0.4, -0.2) is 53.6 Å². The van der Waals surface area contributed by atoms with Crippen molar-refractivity contribution in [2.24, 2.45) is 0 Å². The summed E-state index contributed by atoms with van der Waals surface area (Å²) in [5.74, 6) is 0. The third-order valence-corrected chi connectivity index (χ3v) is 5.64. The second kappa shape index (κ2) is 9.38. The first-order valence-electron chi connectivity index (χ1n) is 5.53. The molecule has 3 unspecified atom stereocenters. The standard InChI is InChI=1S/C7H18O10S3Si/c1-21(2,3)17-20(12,13)15-6-7(16-19(10)11)4-5-14-18(8)9/h7H,4-6H2,1-3H3,(H,8,9)(H,10,11). The second-order valence-electron chi connectivity index (χ2n) is 4.65. The fourth-order valence-electron chi connectivity index (χ4n) is 1.02. The Labute approximate surface area is 129 Å². The van der Waals surface area contributed by atoms with Gasteiger partial charge in [0, 0.05) is 6.42 Å². The van der Waals surface area contributed by atoms with Crippen molar-refractivity contribution in [1.29, 1.82) is 0 Å². The van der Waals surface area contributed by atoms with Crippen LogP contribution < -0.4 is 0 Å². The lowest BCUT2D eigenvalue weighted by atomic mass is 10.3. The molecule has 0 aliphatic heterocycles. The molecule has 0 amide bonds. The van der Waals surface area contributed by atoms with Crippen molar-refractivity contribution in [2.75, 3.05) is 13.2 Å². The van der Waals surface area contributed by atoms with Gasteiger partial charge in [-0.25, -0.2) is 4.18 Å². The number of rotatable bonds is 11. The first kappa shape index (κ1) is 21.2. The highest BCUT2D eigenvalue weighted by Gasteiger charge is 2.26. The third kappa shape index (κ3) is 13.6. The molecule has 0 aliphatic carbocycles. The molecular formula is C7H18O10S3Si. The van der Waals surface area contributed by atoms with E-state index in [0.29, 0.717) is 0 Å². The van der Waals surface area contributed by atoms with Gasteiger partial charge in [0.25, 0.3) is 0 Å². The van der Waals surface area contributed by atoms with E-state index >= 15 is 0 Å². The molecule has 0 rings (SSSR count). The van der Waals surface area contributed by atoms with Gasteiger partial charge in [0.15, 0.2) is 0 Å². The molecule has 0 radical (unpaired) electrons. The van der Waals surface area contributed by atoms with Crippen LogP contribution in [0.4, 0.5) is 0 Å². The van der Waals surface area contributed by atoms with E-state index in [0.717, 1.165) is 0 Å². The summed E-state index contributed by atoms with van der Waals surface area (Å²) < 4.78 is 79.0. The van der Waals surface area contributed by atoms with E-state index in [1.165, 1.54) is 0 Å². The molecule has 0 fully saturated rings. The Morgan fingerprint density at radius 2 is 1.71 bits per heavy atom. The van der Waals surface area contributed by atoms with Crippen LogP contribution in [0.5, 0.6) is 0 Å². The maximum Gasteiger partial charge on any atom is 0.390 e. The average molecular weight is 386 g/mol. The molecule has 0 aromatic carbocycles. The summed E-state index contributed by atoms with van der Waals surface area (Å²) >= 11 is -5.16. The third-order valence-electron chi connectivity index (χ3n) is 1.59. The van der Waals surface area contributed by atoms with Crippen LogP contribution >= 0.6 is 0 Å². The maximum absolute atomic E-state index is 11.5. The molecule has 0 saturated carbocycles. The van der Waals surface area contributed by atoms with Gasteiger partial charge in [-0.15, -0.1) is 0 Å². The first-order valence-corrected chi connectivity index (χ1v) is 12.3. The summed E-state index contributed by atoms with van der Waals surface area (Å²) in [6.07, 6.45) is -1.28. The van der Waals surface area contributed by atoms with Crippen molar-refractivity contribution in [3.63, 3.8) is 0 Å². The maximum atomic E-state index is 11.5. The molecule has 0 spiro atoms. The van der Waals surface area contributed by atoms with Crippen LogP contribution in [-0.2, 0) is 49.5 Å². The predicted molar refractivity (Wildman–Crippen MR) is 76.3 cm³/mol. The van der Waals surface area contributed by atoms with Crippen molar-refractivity contribution in [3.05, 3.63) is 0 Å². The van der Waals surface area contributed by atoms with Gasteiger partial charge in [-0.1, -0.05) is 0 Å². The van der Waals surface area contributed by atoms with Crippen LogP contribution in [0.1, 0.15) is 6.42 Å². The molecule has 0 heterocycles.